The predicted octanol–water partition coefficient (Wildman–Crippen LogP) is -0.492. The van der Waals surface area contributed by atoms with Gasteiger partial charge >= 0.3 is 0 Å². The van der Waals surface area contributed by atoms with Crippen molar-refractivity contribution in [1.29, 1.82) is 0 Å². The molecule has 2 aliphatic rings. The van der Waals surface area contributed by atoms with Crippen LogP contribution in [-0.2, 0) is 9.53 Å². The van der Waals surface area contributed by atoms with Crippen LogP contribution in [0.1, 0.15) is 0 Å². The molecule has 2 rings (SSSR count). The molecular weight excluding hydrogens is 188 g/mol. The Bertz CT molecular complexity index is 189. The van der Waals surface area contributed by atoms with E-state index in [-0.39, 0.29) is 11.9 Å². The van der Waals surface area contributed by atoms with Crippen LogP contribution in [0.4, 0.5) is 0 Å². The second-order valence-corrected chi connectivity index (χ2v) is 4.24. The molecule has 0 saturated carbocycles. The van der Waals surface area contributed by atoms with Crippen molar-refractivity contribution in [3.8, 4) is 0 Å². The molecule has 0 radical (unpaired) electrons. The van der Waals surface area contributed by atoms with Crippen molar-refractivity contribution in [2.75, 3.05) is 37.9 Å². The molecule has 0 bridgehead atoms. The molecule has 2 heterocycles. The van der Waals surface area contributed by atoms with Crippen LogP contribution in [0.5, 0.6) is 0 Å². The van der Waals surface area contributed by atoms with E-state index in [1.54, 1.807) is 11.8 Å². The van der Waals surface area contributed by atoms with Crippen molar-refractivity contribution in [1.82, 2.24) is 10.2 Å². The van der Waals surface area contributed by atoms with E-state index in [2.05, 4.69) is 5.32 Å². The van der Waals surface area contributed by atoms with Crippen LogP contribution in [-0.4, -0.2) is 54.8 Å². The van der Waals surface area contributed by atoms with Gasteiger partial charge in [0.05, 0.1) is 19.3 Å². The Morgan fingerprint density at radius 1 is 1.46 bits per heavy atom. The zero-order chi connectivity index (χ0) is 9.10. The molecule has 2 aliphatic heterocycles. The van der Waals surface area contributed by atoms with Gasteiger partial charge < -0.3 is 9.64 Å². The summed E-state index contributed by atoms with van der Waals surface area (Å²) in [5.41, 5.74) is 0. The van der Waals surface area contributed by atoms with Gasteiger partial charge in [0.15, 0.2) is 0 Å². The Morgan fingerprint density at radius 3 is 2.85 bits per heavy atom. The summed E-state index contributed by atoms with van der Waals surface area (Å²) in [6.45, 7) is 2.88. The van der Waals surface area contributed by atoms with Gasteiger partial charge in [-0.1, -0.05) is 0 Å². The number of amides is 1. The van der Waals surface area contributed by atoms with E-state index in [1.165, 1.54) is 0 Å². The maximum atomic E-state index is 11.8. The first-order chi connectivity index (χ1) is 6.38. The number of carbonyl (C=O) groups is 1. The standard InChI is InChI=1S/C8H14N2O2S/c11-8(7-5-13-6-9-7)10-1-3-12-4-2-10/h7,9H,1-6H2/t7-/m1/s1. The van der Waals surface area contributed by atoms with Crippen LogP contribution in [0.15, 0.2) is 0 Å². The first kappa shape index (κ1) is 9.30. The van der Waals surface area contributed by atoms with E-state index in [9.17, 15) is 4.79 Å². The Kier molecular flexibility index (Phi) is 3.08. The smallest absolute Gasteiger partial charge is 0.240 e. The summed E-state index contributed by atoms with van der Waals surface area (Å²) in [5, 5.41) is 3.18. The summed E-state index contributed by atoms with van der Waals surface area (Å²) in [6, 6.07) is 0.0445. The van der Waals surface area contributed by atoms with E-state index < -0.39 is 0 Å². The van der Waals surface area contributed by atoms with Crippen LogP contribution >= 0.6 is 11.8 Å². The Morgan fingerprint density at radius 2 is 2.23 bits per heavy atom. The van der Waals surface area contributed by atoms with Crippen molar-refractivity contribution >= 4 is 17.7 Å². The summed E-state index contributed by atoms with van der Waals surface area (Å²) in [6.07, 6.45) is 0. The lowest BCUT2D eigenvalue weighted by molar-refractivity contribution is -0.136. The van der Waals surface area contributed by atoms with Crippen molar-refractivity contribution in [2.24, 2.45) is 0 Å². The van der Waals surface area contributed by atoms with Gasteiger partial charge in [0.1, 0.15) is 0 Å². The molecule has 1 N–H and O–H groups in total. The van der Waals surface area contributed by atoms with Crippen LogP contribution in [0.25, 0.3) is 0 Å². The number of carbonyl (C=O) groups excluding carboxylic acids is 1. The predicted molar refractivity (Wildman–Crippen MR) is 51.6 cm³/mol. The highest BCUT2D eigenvalue weighted by Crippen LogP contribution is 2.12. The fourth-order valence-corrected chi connectivity index (χ4v) is 2.49. The van der Waals surface area contributed by atoms with E-state index in [4.69, 9.17) is 4.74 Å². The Hall–Kier alpha value is -0.260. The first-order valence-corrected chi connectivity index (χ1v) is 5.71. The Balaban J connectivity index is 1.87. The number of hydrogen-bond acceptors (Lipinski definition) is 4. The second kappa shape index (κ2) is 4.30. The monoisotopic (exact) mass is 202 g/mol. The fourth-order valence-electron chi connectivity index (χ4n) is 1.56. The molecule has 0 unspecified atom stereocenters. The lowest BCUT2D eigenvalue weighted by Gasteiger charge is -2.28. The number of nitrogens with zero attached hydrogens (tertiary/aromatic N) is 1. The summed E-state index contributed by atoms with van der Waals surface area (Å²) >= 11 is 1.78. The van der Waals surface area contributed by atoms with Crippen molar-refractivity contribution in [3.05, 3.63) is 0 Å². The molecule has 2 fully saturated rings. The van der Waals surface area contributed by atoms with Crippen molar-refractivity contribution in [2.45, 2.75) is 6.04 Å². The number of ether oxygens (including phenoxy) is 1. The number of morpholine rings is 1. The molecule has 13 heavy (non-hydrogen) atoms. The summed E-state index contributed by atoms with van der Waals surface area (Å²) < 4.78 is 5.19. The molecule has 74 valence electrons. The molecular formula is C8H14N2O2S. The van der Waals surface area contributed by atoms with Crippen LogP contribution < -0.4 is 5.32 Å². The van der Waals surface area contributed by atoms with Gasteiger partial charge in [-0.25, -0.2) is 0 Å². The molecule has 5 heteroatoms. The molecule has 0 aliphatic carbocycles. The number of rotatable bonds is 1. The third-order valence-electron chi connectivity index (χ3n) is 2.34. The minimum Gasteiger partial charge on any atom is -0.378 e. The van der Waals surface area contributed by atoms with Crippen LogP contribution in [0.3, 0.4) is 0 Å². The second-order valence-electron chi connectivity index (χ2n) is 3.21. The average molecular weight is 202 g/mol. The molecule has 0 aromatic heterocycles. The molecule has 2 saturated heterocycles. The summed E-state index contributed by atoms with van der Waals surface area (Å²) in [4.78, 5) is 13.7. The third kappa shape index (κ3) is 2.15. The van der Waals surface area contributed by atoms with E-state index >= 15 is 0 Å². The van der Waals surface area contributed by atoms with E-state index in [0.717, 1.165) is 24.7 Å². The Labute approximate surface area is 82.0 Å². The van der Waals surface area contributed by atoms with Gasteiger partial charge in [-0.15, -0.1) is 11.8 Å². The summed E-state index contributed by atoms with van der Waals surface area (Å²) in [5.74, 6) is 2.06. The minimum absolute atomic E-state index is 0.0445. The third-order valence-corrected chi connectivity index (χ3v) is 3.28. The maximum absolute atomic E-state index is 11.8. The lowest BCUT2D eigenvalue weighted by Crippen LogP contribution is -2.49. The van der Waals surface area contributed by atoms with Gasteiger partial charge in [0.25, 0.3) is 0 Å². The molecule has 1 atom stereocenters. The highest BCUT2D eigenvalue weighted by Gasteiger charge is 2.27. The molecule has 0 aromatic rings. The zero-order valence-corrected chi connectivity index (χ0v) is 8.31. The highest BCUT2D eigenvalue weighted by molar-refractivity contribution is 7.99. The molecule has 0 spiro atoms. The van der Waals surface area contributed by atoms with Crippen molar-refractivity contribution in [3.63, 3.8) is 0 Å². The maximum Gasteiger partial charge on any atom is 0.240 e. The topological polar surface area (TPSA) is 41.6 Å². The molecule has 1 amide bonds. The minimum atomic E-state index is 0.0445. The van der Waals surface area contributed by atoms with Gasteiger partial charge in [0, 0.05) is 24.7 Å². The fraction of sp³-hybridized carbons (Fsp3) is 0.875. The quantitative estimate of drug-likeness (QED) is 0.623. The highest BCUT2D eigenvalue weighted by atomic mass is 32.2. The van der Waals surface area contributed by atoms with E-state index in [0.29, 0.717) is 13.2 Å². The number of thioether (sulfide) groups is 1. The van der Waals surface area contributed by atoms with Gasteiger partial charge in [0.2, 0.25) is 5.91 Å². The van der Waals surface area contributed by atoms with Gasteiger partial charge in [-0.05, 0) is 0 Å². The van der Waals surface area contributed by atoms with Crippen LogP contribution in [0, 0.1) is 0 Å². The number of hydrogen-bond donors (Lipinski definition) is 1. The van der Waals surface area contributed by atoms with Crippen LogP contribution in [0.2, 0.25) is 0 Å². The van der Waals surface area contributed by atoms with Crippen molar-refractivity contribution < 1.29 is 9.53 Å². The van der Waals surface area contributed by atoms with Gasteiger partial charge in [-0.3, -0.25) is 10.1 Å². The first-order valence-electron chi connectivity index (χ1n) is 4.55. The average Bonchev–Trinajstić information content (AvgIpc) is 2.71. The normalized spacial score (nSPS) is 29.2. The SMILES string of the molecule is O=C([C@H]1CSCN1)N1CCOCC1. The molecule has 4 nitrogen and oxygen atoms in total. The summed E-state index contributed by atoms with van der Waals surface area (Å²) in [7, 11) is 0. The lowest BCUT2D eigenvalue weighted by atomic mass is 10.2. The molecule has 0 aromatic carbocycles. The van der Waals surface area contributed by atoms with Gasteiger partial charge in [-0.2, -0.15) is 0 Å². The van der Waals surface area contributed by atoms with E-state index in [1.807, 2.05) is 4.90 Å². The number of nitrogens with one attached hydrogen (secondary N) is 1. The zero-order valence-electron chi connectivity index (χ0n) is 7.49. The largest absolute Gasteiger partial charge is 0.378 e.